The molecule has 0 atom stereocenters. The van der Waals surface area contributed by atoms with Gasteiger partial charge in [-0.2, -0.15) is 0 Å². The van der Waals surface area contributed by atoms with E-state index in [-0.39, 0.29) is 35.8 Å². The van der Waals surface area contributed by atoms with Crippen molar-refractivity contribution in [1.29, 1.82) is 0 Å². The van der Waals surface area contributed by atoms with Gasteiger partial charge in [-0.15, -0.1) is 0 Å². The molecular formula is C25H24FN3O6. The van der Waals surface area contributed by atoms with E-state index in [4.69, 9.17) is 4.74 Å². The summed E-state index contributed by atoms with van der Waals surface area (Å²) in [6.45, 7) is 3.66. The number of nitrogens with one attached hydrogen (secondary N) is 1. The monoisotopic (exact) mass is 481 g/mol. The Hall–Kier alpha value is -4.34. The number of nitrogens with zero attached hydrogens (tertiary/aromatic N) is 2. The van der Waals surface area contributed by atoms with E-state index in [1.165, 1.54) is 36.4 Å². The standard InChI is InChI=1S/C25H24FN3O6/c1-16-13-22(17(2)28(16)14-18-3-7-20(26)8-4-18)23(30)15-35-24(31)11-12-27-25(32)19-5-9-21(10-6-19)29(33)34/h3-10,13H,11-12,14-15H2,1-2H3,(H,27,32). The quantitative estimate of drug-likeness (QED) is 0.204. The van der Waals surface area contributed by atoms with Crippen LogP contribution in [0.5, 0.6) is 0 Å². The summed E-state index contributed by atoms with van der Waals surface area (Å²) in [5.41, 5.74) is 2.96. The van der Waals surface area contributed by atoms with Crippen molar-refractivity contribution in [3.8, 4) is 0 Å². The number of halogens is 1. The number of nitro groups is 1. The molecule has 182 valence electrons. The summed E-state index contributed by atoms with van der Waals surface area (Å²) < 4.78 is 20.1. The van der Waals surface area contributed by atoms with E-state index in [0.29, 0.717) is 17.8 Å². The summed E-state index contributed by atoms with van der Waals surface area (Å²) in [5, 5.41) is 13.2. The second-order valence-corrected chi connectivity index (χ2v) is 7.89. The summed E-state index contributed by atoms with van der Waals surface area (Å²) in [6.07, 6.45) is -0.143. The predicted octanol–water partition coefficient (Wildman–Crippen LogP) is 3.75. The molecule has 0 radical (unpaired) electrons. The van der Waals surface area contributed by atoms with Gasteiger partial charge in [0.25, 0.3) is 11.6 Å². The third-order valence-electron chi connectivity index (χ3n) is 5.45. The van der Waals surface area contributed by atoms with Crippen LogP contribution in [0, 0.1) is 29.8 Å². The average molecular weight is 481 g/mol. The topological polar surface area (TPSA) is 121 Å². The largest absolute Gasteiger partial charge is 0.457 e. The van der Waals surface area contributed by atoms with Crippen LogP contribution in [-0.2, 0) is 16.1 Å². The highest BCUT2D eigenvalue weighted by molar-refractivity contribution is 5.99. The van der Waals surface area contributed by atoms with Gasteiger partial charge in [0.2, 0.25) is 5.78 Å². The second-order valence-electron chi connectivity index (χ2n) is 7.89. The van der Waals surface area contributed by atoms with Crippen LogP contribution in [0.4, 0.5) is 10.1 Å². The lowest BCUT2D eigenvalue weighted by Gasteiger charge is -2.10. The summed E-state index contributed by atoms with van der Waals surface area (Å²) in [4.78, 5) is 46.8. The van der Waals surface area contributed by atoms with E-state index in [9.17, 15) is 28.9 Å². The zero-order chi connectivity index (χ0) is 25.5. The molecule has 0 saturated carbocycles. The van der Waals surface area contributed by atoms with Gasteiger partial charge in [-0.3, -0.25) is 24.5 Å². The van der Waals surface area contributed by atoms with Gasteiger partial charge in [0.05, 0.1) is 11.3 Å². The second kappa shape index (κ2) is 11.2. The van der Waals surface area contributed by atoms with E-state index in [0.717, 1.165) is 11.3 Å². The normalized spacial score (nSPS) is 10.6. The lowest BCUT2D eigenvalue weighted by atomic mass is 10.1. The molecule has 0 unspecified atom stereocenters. The molecule has 0 aliphatic heterocycles. The van der Waals surface area contributed by atoms with Crippen LogP contribution in [0.1, 0.15) is 44.1 Å². The summed E-state index contributed by atoms with van der Waals surface area (Å²) in [5.74, 6) is -1.81. The van der Waals surface area contributed by atoms with Crippen LogP contribution >= 0.6 is 0 Å². The minimum Gasteiger partial charge on any atom is -0.457 e. The summed E-state index contributed by atoms with van der Waals surface area (Å²) >= 11 is 0. The number of aryl methyl sites for hydroxylation is 1. The highest BCUT2D eigenvalue weighted by Crippen LogP contribution is 2.18. The number of carbonyl (C=O) groups is 3. The lowest BCUT2D eigenvalue weighted by molar-refractivity contribution is -0.384. The summed E-state index contributed by atoms with van der Waals surface area (Å²) in [7, 11) is 0. The smallest absolute Gasteiger partial charge is 0.308 e. The highest BCUT2D eigenvalue weighted by Gasteiger charge is 2.18. The van der Waals surface area contributed by atoms with Crippen molar-refractivity contribution in [1.82, 2.24) is 9.88 Å². The minimum atomic E-state index is -0.650. The predicted molar refractivity (Wildman–Crippen MR) is 125 cm³/mol. The van der Waals surface area contributed by atoms with Crippen molar-refractivity contribution in [3.63, 3.8) is 0 Å². The molecule has 0 bridgehead atoms. The number of rotatable bonds is 10. The molecule has 0 saturated heterocycles. The van der Waals surface area contributed by atoms with Crippen molar-refractivity contribution in [3.05, 3.63) is 98.6 Å². The van der Waals surface area contributed by atoms with Gasteiger partial charge >= 0.3 is 5.97 Å². The van der Waals surface area contributed by atoms with Crippen LogP contribution in [0.3, 0.4) is 0 Å². The van der Waals surface area contributed by atoms with Gasteiger partial charge in [-0.05, 0) is 49.7 Å². The Kier molecular flexibility index (Phi) is 8.08. The van der Waals surface area contributed by atoms with Crippen LogP contribution in [0.15, 0.2) is 54.6 Å². The van der Waals surface area contributed by atoms with Crippen molar-refractivity contribution in [2.24, 2.45) is 0 Å². The number of hydrogen-bond donors (Lipinski definition) is 1. The highest BCUT2D eigenvalue weighted by atomic mass is 19.1. The average Bonchev–Trinajstić information content (AvgIpc) is 3.12. The summed E-state index contributed by atoms with van der Waals surface area (Å²) in [6, 6.07) is 12.9. The zero-order valence-corrected chi connectivity index (χ0v) is 19.2. The molecule has 0 fully saturated rings. The number of esters is 1. The number of carbonyl (C=O) groups excluding carboxylic acids is 3. The molecular weight excluding hydrogens is 457 g/mol. The van der Waals surface area contributed by atoms with Gasteiger partial charge in [0.1, 0.15) is 5.82 Å². The molecule has 3 aromatic rings. The van der Waals surface area contributed by atoms with Gasteiger partial charge in [-0.25, -0.2) is 4.39 Å². The molecule has 0 aliphatic carbocycles. The molecule has 1 amide bonds. The van der Waals surface area contributed by atoms with E-state index in [1.54, 1.807) is 25.1 Å². The molecule has 1 aromatic heterocycles. The van der Waals surface area contributed by atoms with Gasteiger partial charge in [0, 0.05) is 47.7 Å². The maximum atomic E-state index is 13.1. The number of hydrogen-bond acceptors (Lipinski definition) is 6. The fourth-order valence-corrected chi connectivity index (χ4v) is 3.51. The zero-order valence-electron chi connectivity index (χ0n) is 19.2. The number of Topliss-reactive ketones (excluding diaryl/α,β-unsaturated/α-hetero) is 1. The van der Waals surface area contributed by atoms with E-state index in [1.807, 2.05) is 11.5 Å². The Balaban J connectivity index is 1.47. The van der Waals surface area contributed by atoms with E-state index >= 15 is 0 Å². The van der Waals surface area contributed by atoms with E-state index in [2.05, 4.69) is 5.32 Å². The number of non-ortho nitro benzene ring substituents is 1. The van der Waals surface area contributed by atoms with Crippen molar-refractivity contribution < 1.29 is 28.4 Å². The first-order chi connectivity index (χ1) is 16.7. The molecule has 10 heteroatoms. The molecule has 0 spiro atoms. The molecule has 2 aromatic carbocycles. The third kappa shape index (κ3) is 6.59. The van der Waals surface area contributed by atoms with Crippen molar-refractivity contribution in [2.75, 3.05) is 13.2 Å². The Morgan fingerprint density at radius 3 is 2.34 bits per heavy atom. The Labute approximate surface area is 200 Å². The number of ether oxygens (including phenoxy) is 1. The van der Waals surface area contributed by atoms with Crippen LogP contribution in [0.25, 0.3) is 0 Å². The Bertz CT molecular complexity index is 1250. The minimum absolute atomic E-state index is 0.0188. The molecule has 0 aliphatic rings. The maximum absolute atomic E-state index is 13.1. The van der Waals surface area contributed by atoms with Gasteiger partial charge in [-0.1, -0.05) is 12.1 Å². The first-order valence-electron chi connectivity index (χ1n) is 10.8. The van der Waals surface area contributed by atoms with Crippen molar-refractivity contribution >= 4 is 23.3 Å². The Morgan fingerprint density at radius 1 is 1.06 bits per heavy atom. The van der Waals surface area contributed by atoms with Crippen LogP contribution < -0.4 is 5.32 Å². The molecule has 35 heavy (non-hydrogen) atoms. The van der Waals surface area contributed by atoms with Crippen LogP contribution in [0.2, 0.25) is 0 Å². The maximum Gasteiger partial charge on any atom is 0.308 e. The fraction of sp³-hybridized carbons (Fsp3) is 0.240. The number of aromatic nitrogens is 1. The van der Waals surface area contributed by atoms with Crippen molar-refractivity contribution in [2.45, 2.75) is 26.8 Å². The van der Waals surface area contributed by atoms with Gasteiger partial charge < -0.3 is 14.6 Å². The first-order valence-corrected chi connectivity index (χ1v) is 10.8. The molecule has 1 heterocycles. The number of ketones is 1. The van der Waals surface area contributed by atoms with E-state index < -0.39 is 23.4 Å². The fourth-order valence-electron chi connectivity index (χ4n) is 3.51. The third-order valence-corrected chi connectivity index (χ3v) is 5.45. The first kappa shape index (κ1) is 25.3. The molecule has 3 rings (SSSR count). The van der Waals surface area contributed by atoms with Crippen LogP contribution in [-0.4, -0.2) is 40.3 Å². The number of amides is 1. The molecule has 1 N–H and O–H groups in total. The SMILES string of the molecule is Cc1cc(C(=O)COC(=O)CCNC(=O)c2ccc([N+](=O)[O-])cc2)c(C)n1Cc1ccc(F)cc1. The lowest BCUT2D eigenvalue weighted by Crippen LogP contribution is -2.27. The number of nitro benzene ring substituents is 1. The number of benzene rings is 2. The molecule has 9 nitrogen and oxygen atoms in total. The van der Waals surface area contributed by atoms with Gasteiger partial charge in [0.15, 0.2) is 6.61 Å². The Morgan fingerprint density at radius 2 is 1.71 bits per heavy atom.